The third-order valence-electron chi connectivity index (χ3n) is 2.88. The van der Waals surface area contributed by atoms with Gasteiger partial charge in [0.1, 0.15) is 0 Å². The maximum atomic E-state index is 11.7. The number of allylic oxidation sites excluding steroid dienone is 2. The van der Waals surface area contributed by atoms with Gasteiger partial charge in [-0.2, -0.15) is 0 Å². The maximum Gasteiger partial charge on any atom is 0.232 e. The van der Waals surface area contributed by atoms with E-state index < -0.39 is 0 Å². The Morgan fingerprint density at radius 3 is 2.57 bits per heavy atom. The lowest BCUT2D eigenvalue weighted by molar-refractivity contribution is -0.144. The van der Waals surface area contributed by atoms with Gasteiger partial charge >= 0.3 is 0 Å². The summed E-state index contributed by atoms with van der Waals surface area (Å²) in [5, 5.41) is 0. The van der Waals surface area contributed by atoms with Gasteiger partial charge in [0, 0.05) is 19.9 Å². The molecule has 2 amide bonds. The molecule has 0 aromatic carbocycles. The summed E-state index contributed by atoms with van der Waals surface area (Å²) in [6.07, 6.45) is 6.25. The first-order valence-electron chi connectivity index (χ1n) is 4.99. The van der Waals surface area contributed by atoms with Gasteiger partial charge in [0.05, 0.1) is 0 Å². The van der Waals surface area contributed by atoms with Crippen molar-refractivity contribution in [2.24, 2.45) is 11.8 Å². The van der Waals surface area contributed by atoms with Crippen LogP contribution in [0.4, 0.5) is 0 Å². The second-order valence-corrected chi connectivity index (χ2v) is 3.87. The van der Waals surface area contributed by atoms with Gasteiger partial charge in [-0.05, 0) is 18.8 Å². The number of amides is 2. The minimum Gasteiger partial charge on any atom is -0.286 e. The van der Waals surface area contributed by atoms with E-state index in [2.05, 4.69) is 12.2 Å². The summed E-state index contributed by atoms with van der Waals surface area (Å²) >= 11 is 0. The molecular weight excluding hydrogens is 178 g/mol. The van der Waals surface area contributed by atoms with Gasteiger partial charge in [-0.3, -0.25) is 14.5 Å². The Morgan fingerprint density at radius 2 is 2.14 bits per heavy atom. The molecule has 0 spiro atoms. The van der Waals surface area contributed by atoms with E-state index in [1.165, 1.54) is 11.8 Å². The minimum atomic E-state index is -0.191. The number of nitrogens with zero attached hydrogens (tertiary/aromatic N) is 1. The number of carbonyl (C=O) groups is 2. The second-order valence-electron chi connectivity index (χ2n) is 3.87. The predicted molar refractivity (Wildman–Crippen MR) is 54.5 cm³/mol. The second kappa shape index (κ2) is 4.40. The zero-order valence-electron chi connectivity index (χ0n) is 8.99. The molecule has 0 heterocycles. The topological polar surface area (TPSA) is 37.4 Å². The Bertz CT molecular complexity index is 270. The molecule has 1 rings (SSSR count). The van der Waals surface area contributed by atoms with Crippen LogP contribution in [0.25, 0.3) is 0 Å². The summed E-state index contributed by atoms with van der Waals surface area (Å²) in [4.78, 5) is 23.9. The van der Waals surface area contributed by atoms with E-state index in [0.29, 0.717) is 5.92 Å². The van der Waals surface area contributed by atoms with Gasteiger partial charge in [0.2, 0.25) is 11.8 Å². The van der Waals surface area contributed by atoms with Crippen molar-refractivity contribution in [2.75, 3.05) is 7.05 Å². The molecule has 0 radical (unpaired) electrons. The van der Waals surface area contributed by atoms with Gasteiger partial charge in [0.15, 0.2) is 0 Å². The van der Waals surface area contributed by atoms with Crippen LogP contribution in [0.3, 0.4) is 0 Å². The molecule has 0 aromatic heterocycles. The summed E-state index contributed by atoms with van der Waals surface area (Å²) in [7, 11) is 1.54. The van der Waals surface area contributed by atoms with Crippen molar-refractivity contribution in [1.29, 1.82) is 0 Å². The zero-order chi connectivity index (χ0) is 10.7. The Balaban J connectivity index is 2.59. The summed E-state index contributed by atoms with van der Waals surface area (Å²) < 4.78 is 0. The van der Waals surface area contributed by atoms with Crippen molar-refractivity contribution in [3.63, 3.8) is 0 Å². The first kappa shape index (κ1) is 11.0. The summed E-state index contributed by atoms with van der Waals surface area (Å²) in [5.74, 6) is -0.0372. The number of hydrogen-bond acceptors (Lipinski definition) is 2. The van der Waals surface area contributed by atoms with E-state index in [9.17, 15) is 9.59 Å². The third kappa shape index (κ3) is 2.22. The van der Waals surface area contributed by atoms with Gasteiger partial charge in [0.25, 0.3) is 0 Å². The fraction of sp³-hybridized carbons (Fsp3) is 0.636. The molecule has 0 aliphatic heterocycles. The Morgan fingerprint density at radius 1 is 1.50 bits per heavy atom. The molecule has 0 N–H and O–H groups in total. The van der Waals surface area contributed by atoms with Crippen LogP contribution >= 0.6 is 0 Å². The fourth-order valence-electron chi connectivity index (χ4n) is 1.72. The molecule has 3 nitrogen and oxygen atoms in total. The molecule has 3 heteroatoms. The highest BCUT2D eigenvalue weighted by molar-refractivity contribution is 5.95. The summed E-state index contributed by atoms with van der Waals surface area (Å²) in [6, 6.07) is 0. The molecule has 14 heavy (non-hydrogen) atoms. The number of carbonyl (C=O) groups excluding carboxylic acids is 2. The smallest absolute Gasteiger partial charge is 0.232 e. The van der Waals surface area contributed by atoms with Gasteiger partial charge in [-0.25, -0.2) is 0 Å². The Kier molecular flexibility index (Phi) is 3.44. The molecule has 0 saturated carbocycles. The van der Waals surface area contributed by atoms with Crippen LogP contribution in [0.2, 0.25) is 0 Å². The highest BCUT2D eigenvalue weighted by atomic mass is 16.2. The van der Waals surface area contributed by atoms with Crippen molar-refractivity contribution >= 4 is 11.8 Å². The largest absolute Gasteiger partial charge is 0.286 e. The van der Waals surface area contributed by atoms with Crippen molar-refractivity contribution in [3.05, 3.63) is 12.2 Å². The molecule has 78 valence electrons. The lowest BCUT2D eigenvalue weighted by Gasteiger charge is -2.21. The van der Waals surface area contributed by atoms with Crippen molar-refractivity contribution in [1.82, 2.24) is 4.90 Å². The normalized spacial score (nSPS) is 22.1. The van der Waals surface area contributed by atoms with E-state index in [1.807, 2.05) is 6.92 Å². The molecule has 0 saturated heterocycles. The van der Waals surface area contributed by atoms with E-state index in [0.717, 1.165) is 12.8 Å². The zero-order valence-corrected chi connectivity index (χ0v) is 8.99. The van der Waals surface area contributed by atoms with E-state index >= 15 is 0 Å². The van der Waals surface area contributed by atoms with E-state index in [-0.39, 0.29) is 17.7 Å². The van der Waals surface area contributed by atoms with Crippen LogP contribution in [0.5, 0.6) is 0 Å². The minimum absolute atomic E-state index is 0.0750. The quantitative estimate of drug-likeness (QED) is 0.627. The number of rotatable bonds is 2. The van der Waals surface area contributed by atoms with E-state index in [1.54, 1.807) is 7.05 Å². The van der Waals surface area contributed by atoms with Crippen molar-refractivity contribution in [3.8, 4) is 0 Å². The van der Waals surface area contributed by atoms with Crippen LogP contribution in [0, 0.1) is 11.8 Å². The SMILES string of the molecule is CC(=O)N(C)C(=O)[C@H](C)C1C=CCC1. The van der Waals surface area contributed by atoms with Gasteiger partial charge in [-0.15, -0.1) is 0 Å². The van der Waals surface area contributed by atoms with Crippen LogP contribution < -0.4 is 0 Å². The highest BCUT2D eigenvalue weighted by Gasteiger charge is 2.27. The van der Waals surface area contributed by atoms with Crippen LogP contribution in [0.1, 0.15) is 26.7 Å². The third-order valence-corrected chi connectivity index (χ3v) is 2.88. The van der Waals surface area contributed by atoms with Crippen molar-refractivity contribution < 1.29 is 9.59 Å². The number of hydrogen-bond donors (Lipinski definition) is 0. The fourth-order valence-corrected chi connectivity index (χ4v) is 1.72. The monoisotopic (exact) mass is 195 g/mol. The molecule has 1 aliphatic carbocycles. The molecule has 1 unspecified atom stereocenters. The van der Waals surface area contributed by atoms with Crippen LogP contribution in [-0.2, 0) is 9.59 Å². The molecule has 2 atom stereocenters. The summed E-state index contributed by atoms with van der Waals surface area (Å²) in [5.41, 5.74) is 0. The van der Waals surface area contributed by atoms with Crippen LogP contribution in [0.15, 0.2) is 12.2 Å². The standard InChI is InChI=1S/C11H17NO2/c1-8(10-6-4-5-7-10)11(14)12(3)9(2)13/h4,6,8,10H,5,7H2,1-3H3/t8-,10?/m1/s1. The van der Waals surface area contributed by atoms with Gasteiger partial charge in [-0.1, -0.05) is 19.1 Å². The number of imide groups is 1. The first-order chi connectivity index (χ1) is 6.54. The first-order valence-corrected chi connectivity index (χ1v) is 4.99. The summed E-state index contributed by atoms with van der Waals surface area (Å²) in [6.45, 7) is 3.30. The van der Waals surface area contributed by atoms with Crippen LogP contribution in [-0.4, -0.2) is 23.8 Å². The molecular formula is C11H17NO2. The lowest BCUT2D eigenvalue weighted by atomic mass is 9.92. The molecule has 0 fully saturated rings. The maximum absolute atomic E-state index is 11.7. The predicted octanol–water partition coefficient (Wildman–Crippen LogP) is 1.59. The molecule has 0 aromatic rings. The average molecular weight is 195 g/mol. The van der Waals surface area contributed by atoms with E-state index in [4.69, 9.17) is 0 Å². The average Bonchev–Trinajstić information content (AvgIpc) is 2.67. The molecule has 0 bridgehead atoms. The molecule has 1 aliphatic rings. The highest BCUT2D eigenvalue weighted by Crippen LogP contribution is 2.26. The Hall–Kier alpha value is -1.12. The van der Waals surface area contributed by atoms with Crippen molar-refractivity contribution in [2.45, 2.75) is 26.7 Å². The Labute approximate surface area is 84.8 Å². The van der Waals surface area contributed by atoms with Gasteiger partial charge < -0.3 is 0 Å². The lowest BCUT2D eigenvalue weighted by Crippen LogP contribution is -2.37.